The van der Waals surface area contributed by atoms with Gasteiger partial charge in [-0.3, -0.25) is 9.78 Å². The van der Waals surface area contributed by atoms with Crippen LogP contribution in [0, 0.1) is 0 Å². The number of para-hydroxylation sites is 1. The summed E-state index contributed by atoms with van der Waals surface area (Å²) in [6, 6.07) is 12.2. The van der Waals surface area contributed by atoms with Crippen molar-refractivity contribution < 1.29 is 4.79 Å². The van der Waals surface area contributed by atoms with Gasteiger partial charge < -0.3 is 10.6 Å². The lowest BCUT2D eigenvalue weighted by atomic mass is 9.69. The second kappa shape index (κ2) is 5.71. The van der Waals surface area contributed by atoms with Crippen LogP contribution in [0.15, 0.2) is 42.6 Å². The van der Waals surface area contributed by atoms with Gasteiger partial charge in [-0.2, -0.15) is 0 Å². The highest BCUT2D eigenvalue weighted by atomic mass is 16.2. The second-order valence-corrected chi connectivity index (χ2v) is 7.11. The predicted molar refractivity (Wildman–Crippen MR) is 95.0 cm³/mol. The van der Waals surface area contributed by atoms with Crippen LogP contribution in [0.4, 0.5) is 5.69 Å². The van der Waals surface area contributed by atoms with E-state index in [-0.39, 0.29) is 17.4 Å². The molecule has 124 valence electrons. The number of benzene rings is 1. The number of amides is 1. The molecular formula is C20H23N3O. The number of carbonyl (C=O) groups excluding carboxylic acids is 1. The molecule has 1 saturated carbocycles. The molecule has 1 aromatic carbocycles. The Hall–Kier alpha value is -2.20. The van der Waals surface area contributed by atoms with Gasteiger partial charge in [0.2, 0.25) is 0 Å². The Bertz CT molecular complexity index is 788. The molecule has 1 amide bonds. The molecule has 0 unspecified atom stereocenters. The van der Waals surface area contributed by atoms with Crippen molar-refractivity contribution in [2.75, 3.05) is 4.90 Å². The van der Waals surface area contributed by atoms with Crippen molar-refractivity contribution >= 4 is 11.6 Å². The molecule has 1 aromatic heterocycles. The van der Waals surface area contributed by atoms with E-state index in [2.05, 4.69) is 30.1 Å². The number of carbonyl (C=O) groups is 1. The minimum atomic E-state index is 0.0637. The van der Waals surface area contributed by atoms with Crippen LogP contribution in [-0.2, 0) is 12.0 Å². The highest BCUT2D eigenvalue weighted by Crippen LogP contribution is 2.52. The highest BCUT2D eigenvalue weighted by Gasteiger charge is 2.50. The third-order valence-corrected chi connectivity index (χ3v) is 5.74. The van der Waals surface area contributed by atoms with Gasteiger partial charge in [-0.25, -0.2) is 0 Å². The molecule has 4 nitrogen and oxygen atoms in total. The van der Waals surface area contributed by atoms with Gasteiger partial charge in [0.25, 0.3) is 5.91 Å². The number of nitrogens with two attached hydrogens (primary N) is 1. The summed E-state index contributed by atoms with van der Waals surface area (Å²) in [6.07, 6.45) is 6.30. The predicted octanol–water partition coefficient (Wildman–Crippen LogP) is 3.40. The summed E-state index contributed by atoms with van der Waals surface area (Å²) in [5, 5.41) is 0. The van der Waals surface area contributed by atoms with E-state index in [1.807, 2.05) is 17.0 Å². The summed E-state index contributed by atoms with van der Waals surface area (Å²) < 4.78 is 0. The molecule has 1 aliphatic carbocycles. The molecule has 4 heteroatoms. The lowest BCUT2D eigenvalue weighted by molar-refractivity contribution is 0.0961. The van der Waals surface area contributed by atoms with Crippen LogP contribution in [0.3, 0.4) is 0 Å². The summed E-state index contributed by atoms with van der Waals surface area (Å²) >= 11 is 0. The van der Waals surface area contributed by atoms with E-state index < -0.39 is 0 Å². The Kier molecular flexibility index (Phi) is 3.65. The number of pyridine rings is 1. The molecule has 0 spiro atoms. The molecule has 2 aliphatic rings. The molecule has 0 bridgehead atoms. The average Bonchev–Trinajstić information content (AvgIpc) is 2.90. The van der Waals surface area contributed by atoms with Gasteiger partial charge in [-0.15, -0.1) is 0 Å². The monoisotopic (exact) mass is 321 g/mol. The molecule has 2 aromatic rings. The van der Waals surface area contributed by atoms with Crippen molar-refractivity contribution in [3.05, 3.63) is 59.4 Å². The van der Waals surface area contributed by atoms with E-state index in [0.29, 0.717) is 12.1 Å². The van der Waals surface area contributed by atoms with Crippen LogP contribution in [0.1, 0.15) is 54.2 Å². The Morgan fingerprint density at radius 1 is 1.33 bits per heavy atom. The Morgan fingerprint density at radius 3 is 3.00 bits per heavy atom. The first-order valence-corrected chi connectivity index (χ1v) is 8.73. The first-order chi connectivity index (χ1) is 11.6. The molecule has 0 saturated heterocycles. The quantitative estimate of drug-likeness (QED) is 0.922. The van der Waals surface area contributed by atoms with E-state index in [4.69, 9.17) is 5.73 Å². The van der Waals surface area contributed by atoms with Gasteiger partial charge in [-0.1, -0.05) is 38.0 Å². The lowest BCUT2D eigenvalue weighted by Gasteiger charge is -2.39. The Balaban J connectivity index is 1.80. The van der Waals surface area contributed by atoms with Crippen LogP contribution in [-0.4, -0.2) is 16.9 Å². The van der Waals surface area contributed by atoms with Crippen molar-refractivity contribution in [3.63, 3.8) is 0 Å². The van der Waals surface area contributed by atoms with Crippen molar-refractivity contribution in [2.45, 2.75) is 50.6 Å². The van der Waals surface area contributed by atoms with E-state index >= 15 is 0 Å². The highest BCUT2D eigenvalue weighted by molar-refractivity contribution is 6.08. The van der Waals surface area contributed by atoms with Crippen molar-refractivity contribution in [1.82, 2.24) is 4.98 Å². The summed E-state index contributed by atoms with van der Waals surface area (Å²) in [5.41, 5.74) is 9.57. The van der Waals surface area contributed by atoms with Gasteiger partial charge in [-0.05, 0) is 36.6 Å². The number of nitrogens with zero attached hydrogens (tertiary/aromatic N) is 2. The number of hydrogen-bond acceptors (Lipinski definition) is 3. The largest absolute Gasteiger partial charge is 0.325 e. The third kappa shape index (κ3) is 2.17. The minimum Gasteiger partial charge on any atom is -0.325 e. The summed E-state index contributed by atoms with van der Waals surface area (Å²) in [5.74, 6) is 0.0650. The topological polar surface area (TPSA) is 59.2 Å². The SMILES string of the molecule is C[C@@]12CCCC[C@@H]1N(C(=O)c1ccnc(CN)c1)c1ccccc12. The Morgan fingerprint density at radius 2 is 2.17 bits per heavy atom. The minimum absolute atomic E-state index is 0.0637. The number of anilines is 1. The second-order valence-electron chi connectivity index (χ2n) is 7.11. The summed E-state index contributed by atoms with van der Waals surface area (Å²) in [4.78, 5) is 19.6. The van der Waals surface area contributed by atoms with Gasteiger partial charge >= 0.3 is 0 Å². The molecule has 1 fully saturated rings. The maximum atomic E-state index is 13.3. The van der Waals surface area contributed by atoms with Gasteiger partial charge in [0.1, 0.15) is 0 Å². The van der Waals surface area contributed by atoms with E-state index in [1.165, 1.54) is 18.4 Å². The van der Waals surface area contributed by atoms with Crippen LogP contribution in [0.2, 0.25) is 0 Å². The van der Waals surface area contributed by atoms with Crippen LogP contribution >= 0.6 is 0 Å². The fraction of sp³-hybridized carbons (Fsp3) is 0.400. The zero-order valence-corrected chi connectivity index (χ0v) is 14.0. The fourth-order valence-electron chi connectivity index (χ4n) is 4.49. The van der Waals surface area contributed by atoms with Gasteiger partial charge in [0.15, 0.2) is 0 Å². The van der Waals surface area contributed by atoms with Crippen molar-refractivity contribution in [3.8, 4) is 0 Å². The van der Waals surface area contributed by atoms with E-state index in [1.54, 1.807) is 12.3 Å². The van der Waals surface area contributed by atoms with Crippen molar-refractivity contribution in [1.29, 1.82) is 0 Å². The number of fused-ring (bicyclic) bond motifs is 3. The molecule has 2 heterocycles. The fourth-order valence-corrected chi connectivity index (χ4v) is 4.49. The third-order valence-electron chi connectivity index (χ3n) is 5.74. The summed E-state index contributed by atoms with van der Waals surface area (Å²) in [7, 11) is 0. The van der Waals surface area contributed by atoms with E-state index in [9.17, 15) is 4.79 Å². The van der Waals surface area contributed by atoms with Crippen LogP contribution in [0.25, 0.3) is 0 Å². The van der Waals surface area contributed by atoms with Gasteiger partial charge in [0, 0.05) is 35.4 Å². The first-order valence-electron chi connectivity index (χ1n) is 8.73. The van der Waals surface area contributed by atoms with E-state index in [0.717, 1.165) is 24.2 Å². The molecule has 0 radical (unpaired) electrons. The molecule has 2 atom stereocenters. The Labute approximate surface area is 142 Å². The zero-order chi connectivity index (χ0) is 16.7. The molecule has 1 aliphatic heterocycles. The molecule has 2 N–H and O–H groups in total. The van der Waals surface area contributed by atoms with Crippen LogP contribution < -0.4 is 10.6 Å². The first kappa shape index (κ1) is 15.3. The zero-order valence-electron chi connectivity index (χ0n) is 14.0. The van der Waals surface area contributed by atoms with Crippen molar-refractivity contribution in [2.24, 2.45) is 5.73 Å². The molecule has 4 rings (SSSR count). The maximum Gasteiger partial charge on any atom is 0.258 e. The van der Waals surface area contributed by atoms with Crippen LogP contribution in [0.5, 0.6) is 0 Å². The average molecular weight is 321 g/mol. The maximum absolute atomic E-state index is 13.3. The lowest BCUT2D eigenvalue weighted by Crippen LogP contribution is -2.47. The molecule has 24 heavy (non-hydrogen) atoms. The summed E-state index contributed by atoms with van der Waals surface area (Å²) in [6.45, 7) is 2.67. The van der Waals surface area contributed by atoms with Gasteiger partial charge in [0.05, 0.1) is 5.69 Å². The standard InChI is InChI=1S/C20H23N3O/c1-20-10-5-4-8-18(20)23(17-7-3-2-6-16(17)20)19(24)14-9-11-22-15(12-14)13-21/h2-3,6-7,9,11-12,18H,4-5,8,10,13,21H2,1H3/t18-,20-/m0/s1. The number of hydrogen-bond donors (Lipinski definition) is 1. The smallest absolute Gasteiger partial charge is 0.258 e. The number of rotatable bonds is 2. The normalized spacial score (nSPS) is 25.2. The molecular weight excluding hydrogens is 298 g/mol. The number of aromatic nitrogens is 1.